The van der Waals surface area contributed by atoms with Gasteiger partial charge in [0.25, 0.3) is 0 Å². The number of hydrogen-bond donors (Lipinski definition) is 2. The molecule has 1 fully saturated rings. The van der Waals surface area contributed by atoms with Crippen LogP contribution in [0.5, 0.6) is 0 Å². The molecule has 0 saturated carbocycles. The first kappa shape index (κ1) is 22.3. The molecule has 0 radical (unpaired) electrons. The lowest BCUT2D eigenvalue weighted by molar-refractivity contribution is 0.414. The predicted molar refractivity (Wildman–Crippen MR) is 126 cm³/mol. The van der Waals surface area contributed by atoms with Crippen LogP contribution in [0.15, 0.2) is 65.0 Å². The normalized spacial score (nSPS) is 15.0. The molecule has 2 aromatic rings. The Morgan fingerprint density at radius 1 is 1.25 bits per heavy atom. The third-order valence-electron chi connectivity index (χ3n) is 4.81. The maximum Gasteiger partial charge on any atom is 0.191 e. The first-order valence-electron chi connectivity index (χ1n) is 9.65. The van der Waals surface area contributed by atoms with E-state index in [2.05, 4.69) is 39.2 Å². The zero-order valence-electron chi connectivity index (χ0n) is 16.2. The number of piperidine rings is 1. The van der Waals surface area contributed by atoms with Gasteiger partial charge in [0.15, 0.2) is 5.96 Å². The van der Waals surface area contributed by atoms with Crippen LogP contribution in [0.4, 0.5) is 5.69 Å². The van der Waals surface area contributed by atoms with E-state index in [-0.39, 0.29) is 24.0 Å². The quantitative estimate of drug-likeness (QED) is 0.254. The van der Waals surface area contributed by atoms with E-state index in [0.29, 0.717) is 12.5 Å². The van der Waals surface area contributed by atoms with Gasteiger partial charge < -0.3 is 20.0 Å². The first-order chi connectivity index (χ1) is 13.3. The third kappa shape index (κ3) is 7.18. The number of hydrogen-bond acceptors (Lipinski definition) is 4. The highest BCUT2D eigenvalue weighted by Gasteiger charge is 2.19. The summed E-state index contributed by atoms with van der Waals surface area (Å²) >= 11 is 0. The van der Waals surface area contributed by atoms with Gasteiger partial charge in [-0.25, -0.2) is 0 Å². The van der Waals surface area contributed by atoms with Gasteiger partial charge in [0.2, 0.25) is 0 Å². The minimum absolute atomic E-state index is 0. The van der Waals surface area contributed by atoms with Crippen molar-refractivity contribution in [2.24, 2.45) is 10.9 Å². The van der Waals surface area contributed by atoms with E-state index < -0.39 is 0 Å². The van der Waals surface area contributed by atoms with E-state index in [9.17, 15) is 0 Å². The average Bonchev–Trinajstić information content (AvgIpc) is 3.24. The van der Waals surface area contributed by atoms with Gasteiger partial charge in [-0.3, -0.25) is 9.98 Å². The SMILES string of the molecule is C=CCNC(=NCC1CCN(c2ccncc2)CC1)NCCc1ccco1.I. The van der Waals surface area contributed by atoms with E-state index in [1.165, 1.54) is 5.69 Å². The van der Waals surface area contributed by atoms with Crippen molar-refractivity contribution in [3.8, 4) is 0 Å². The minimum atomic E-state index is 0. The van der Waals surface area contributed by atoms with Gasteiger partial charge in [-0.1, -0.05) is 6.08 Å². The molecule has 0 bridgehead atoms. The molecule has 3 rings (SSSR count). The highest BCUT2D eigenvalue weighted by atomic mass is 127. The summed E-state index contributed by atoms with van der Waals surface area (Å²) in [7, 11) is 0. The van der Waals surface area contributed by atoms with Gasteiger partial charge in [-0.15, -0.1) is 30.6 Å². The van der Waals surface area contributed by atoms with E-state index in [1.54, 1.807) is 6.26 Å². The van der Waals surface area contributed by atoms with Crippen molar-refractivity contribution in [3.63, 3.8) is 0 Å². The van der Waals surface area contributed by atoms with E-state index in [0.717, 1.165) is 57.2 Å². The summed E-state index contributed by atoms with van der Waals surface area (Å²) in [5, 5.41) is 6.68. The standard InChI is InChI=1S/C21H29N5O.HI/c1-2-10-23-21(24-13-7-20-4-3-16-27-20)25-17-18-8-14-26(15-9-18)19-5-11-22-12-6-19;/h2-6,11-12,16,18H,1,7-10,13-15,17H2,(H2,23,24,25);1H. The molecule has 0 aromatic carbocycles. The van der Waals surface area contributed by atoms with Crippen LogP contribution < -0.4 is 15.5 Å². The second-order valence-electron chi connectivity index (χ2n) is 6.75. The lowest BCUT2D eigenvalue weighted by Gasteiger charge is -2.33. The lowest BCUT2D eigenvalue weighted by atomic mass is 9.97. The van der Waals surface area contributed by atoms with Crippen molar-refractivity contribution >= 4 is 35.6 Å². The summed E-state index contributed by atoms with van der Waals surface area (Å²) in [6, 6.07) is 8.07. The summed E-state index contributed by atoms with van der Waals surface area (Å²) in [6.07, 6.45) is 10.4. The molecule has 0 spiro atoms. The topological polar surface area (TPSA) is 65.7 Å². The molecule has 0 aliphatic carbocycles. The Kier molecular flexibility index (Phi) is 9.88. The smallest absolute Gasteiger partial charge is 0.191 e. The van der Waals surface area contributed by atoms with E-state index in [4.69, 9.17) is 9.41 Å². The predicted octanol–water partition coefficient (Wildman–Crippen LogP) is 3.47. The molecule has 0 amide bonds. The van der Waals surface area contributed by atoms with Crippen LogP contribution in [0.2, 0.25) is 0 Å². The summed E-state index contributed by atoms with van der Waals surface area (Å²) in [5.41, 5.74) is 1.26. The average molecular weight is 495 g/mol. The molecule has 2 aromatic heterocycles. The van der Waals surface area contributed by atoms with Crippen LogP contribution in [-0.4, -0.2) is 43.7 Å². The van der Waals surface area contributed by atoms with Crippen LogP contribution in [0, 0.1) is 5.92 Å². The fourth-order valence-corrected chi connectivity index (χ4v) is 3.25. The Balaban J connectivity index is 0.00000280. The van der Waals surface area contributed by atoms with Gasteiger partial charge in [0.05, 0.1) is 6.26 Å². The maximum atomic E-state index is 5.37. The zero-order valence-corrected chi connectivity index (χ0v) is 18.5. The highest BCUT2D eigenvalue weighted by molar-refractivity contribution is 14.0. The largest absolute Gasteiger partial charge is 0.469 e. The van der Waals surface area contributed by atoms with Crippen molar-refractivity contribution in [3.05, 3.63) is 61.3 Å². The number of anilines is 1. The lowest BCUT2D eigenvalue weighted by Crippen LogP contribution is -2.39. The minimum Gasteiger partial charge on any atom is -0.469 e. The van der Waals surface area contributed by atoms with Crippen LogP contribution in [-0.2, 0) is 6.42 Å². The molecular formula is C21H30IN5O. The Labute approximate surface area is 184 Å². The number of aromatic nitrogens is 1. The maximum absolute atomic E-state index is 5.37. The van der Waals surface area contributed by atoms with Gasteiger partial charge in [0.1, 0.15) is 5.76 Å². The number of halogens is 1. The molecule has 0 unspecified atom stereocenters. The van der Waals surface area contributed by atoms with Crippen LogP contribution in [0.1, 0.15) is 18.6 Å². The number of rotatable bonds is 8. The number of aliphatic imine (C=N–C) groups is 1. The Bertz CT molecular complexity index is 697. The summed E-state index contributed by atoms with van der Waals surface area (Å²) in [5.74, 6) is 2.45. The molecule has 28 heavy (non-hydrogen) atoms. The zero-order chi connectivity index (χ0) is 18.7. The van der Waals surface area contributed by atoms with Crippen molar-refractivity contribution in [2.75, 3.05) is 37.6 Å². The van der Waals surface area contributed by atoms with Crippen molar-refractivity contribution in [1.82, 2.24) is 15.6 Å². The molecule has 3 heterocycles. The third-order valence-corrected chi connectivity index (χ3v) is 4.81. The molecule has 152 valence electrons. The highest BCUT2D eigenvalue weighted by Crippen LogP contribution is 2.22. The molecule has 0 atom stereocenters. The Hall–Kier alpha value is -2.03. The second kappa shape index (κ2) is 12.4. The van der Waals surface area contributed by atoms with Gasteiger partial charge in [-0.2, -0.15) is 0 Å². The fraction of sp³-hybridized carbons (Fsp3) is 0.429. The molecule has 1 aliphatic rings. The monoisotopic (exact) mass is 495 g/mol. The molecule has 2 N–H and O–H groups in total. The van der Waals surface area contributed by atoms with Crippen molar-refractivity contribution in [2.45, 2.75) is 19.3 Å². The molecule has 1 saturated heterocycles. The molecular weight excluding hydrogens is 465 g/mol. The summed E-state index contributed by atoms with van der Waals surface area (Å²) < 4.78 is 5.37. The molecule has 1 aliphatic heterocycles. The Morgan fingerprint density at radius 2 is 2.04 bits per heavy atom. The number of furan rings is 1. The summed E-state index contributed by atoms with van der Waals surface area (Å²) in [4.78, 5) is 11.3. The van der Waals surface area contributed by atoms with Crippen LogP contribution in [0.25, 0.3) is 0 Å². The van der Waals surface area contributed by atoms with Crippen LogP contribution in [0.3, 0.4) is 0 Å². The molecule has 6 nitrogen and oxygen atoms in total. The fourth-order valence-electron chi connectivity index (χ4n) is 3.25. The number of nitrogens with one attached hydrogen (secondary N) is 2. The van der Waals surface area contributed by atoms with Crippen molar-refractivity contribution < 1.29 is 4.42 Å². The van der Waals surface area contributed by atoms with Gasteiger partial charge in [0, 0.05) is 57.2 Å². The number of pyridine rings is 1. The van der Waals surface area contributed by atoms with E-state index in [1.807, 2.05) is 30.6 Å². The van der Waals surface area contributed by atoms with Crippen molar-refractivity contribution in [1.29, 1.82) is 0 Å². The molecule has 7 heteroatoms. The van der Waals surface area contributed by atoms with Crippen LogP contribution >= 0.6 is 24.0 Å². The number of guanidine groups is 1. The van der Waals surface area contributed by atoms with E-state index >= 15 is 0 Å². The Morgan fingerprint density at radius 3 is 2.71 bits per heavy atom. The first-order valence-corrected chi connectivity index (χ1v) is 9.65. The second-order valence-corrected chi connectivity index (χ2v) is 6.75. The van der Waals surface area contributed by atoms with Gasteiger partial charge in [-0.05, 0) is 43.0 Å². The summed E-state index contributed by atoms with van der Waals surface area (Å²) in [6.45, 7) is 8.26. The number of nitrogens with zero attached hydrogens (tertiary/aromatic N) is 3. The van der Waals surface area contributed by atoms with Gasteiger partial charge >= 0.3 is 0 Å².